The summed E-state index contributed by atoms with van der Waals surface area (Å²) in [6.07, 6.45) is 2.52. The maximum atomic E-state index is 13.4. The molecule has 1 aliphatic carbocycles. The lowest BCUT2D eigenvalue weighted by molar-refractivity contribution is -0.139. The highest BCUT2D eigenvalue weighted by Crippen LogP contribution is 2.48. The van der Waals surface area contributed by atoms with E-state index in [-0.39, 0.29) is 17.8 Å². The smallest absolute Gasteiger partial charge is 0.336 e. The highest BCUT2D eigenvalue weighted by molar-refractivity contribution is 5.96. The van der Waals surface area contributed by atoms with Crippen LogP contribution in [0.5, 0.6) is 11.5 Å². The van der Waals surface area contributed by atoms with Crippen molar-refractivity contribution in [1.82, 2.24) is 5.32 Å². The molecule has 2 aromatic rings. The van der Waals surface area contributed by atoms with Gasteiger partial charge in [0.1, 0.15) is 12.4 Å². The second kappa shape index (κ2) is 9.98. The van der Waals surface area contributed by atoms with E-state index in [0.717, 1.165) is 16.8 Å². The van der Waals surface area contributed by atoms with Gasteiger partial charge < -0.3 is 19.5 Å². The van der Waals surface area contributed by atoms with Gasteiger partial charge in [0.2, 0.25) is 0 Å². The molecule has 0 amide bonds. The third kappa shape index (κ3) is 5.11. The minimum absolute atomic E-state index is 0.0997. The van der Waals surface area contributed by atoms with Crippen LogP contribution in [0.3, 0.4) is 0 Å². The van der Waals surface area contributed by atoms with Crippen molar-refractivity contribution < 1.29 is 23.8 Å². The summed E-state index contributed by atoms with van der Waals surface area (Å²) in [6.45, 7) is 8.39. The average Bonchev–Trinajstić information content (AvgIpc) is 2.81. The maximum Gasteiger partial charge on any atom is 0.336 e. The van der Waals surface area contributed by atoms with Crippen molar-refractivity contribution in [3.05, 3.63) is 82.7 Å². The first kappa shape index (κ1) is 24.6. The Balaban J connectivity index is 1.75. The van der Waals surface area contributed by atoms with Gasteiger partial charge in [-0.05, 0) is 42.5 Å². The lowest BCUT2D eigenvalue weighted by atomic mass is 9.66. The van der Waals surface area contributed by atoms with Gasteiger partial charge in [-0.25, -0.2) is 4.79 Å². The topological polar surface area (TPSA) is 73.9 Å². The van der Waals surface area contributed by atoms with E-state index in [4.69, 9.17) is 14.2 Å². The number of esters is 1. The van der Waals surface area contributed by atoms with Gasteiger partial charge in [0.25, 0.3) is 0 Å². The Labute approximate surface area is 207 Å². The van der Waals surface area contributed by atoms with Crippen LogP contribution in [-0.4, -0.2) is 25.5 Å². The number of allylic oxidation sites excluding steroid dienone is 3. The summed E-state index contributed by atoms with van der Waals surface area (Å²) in [5.74, 6) is -0.148. The number of ether oxygens (including phenoxy) is 3. The van der Waals surface area contributed by atoms with E-state index in [9.17, 15) is 9.59 Å². The molecule has 4 rings (SSSR count). The second-order valence-corrected chi connectivity index (χ2v) is 9.76. The SMILES string of the molecule is CCOC(=O)C1=C(C)NC2=CC(C)(C)CC(=O)C2C1c1ccc(OCc2ccccc2)c(OC)c1. The van der Waals surface area contributed by atoms with Gasteiger partial charge in [-0.15, -0.1) is 0 Å². The van der Waals surface area contributed by atoms with E-state index in [0.29, 0.717) is 35.8 Å². The largest absolute Gasteiger partial charge is 0.493 e. The Morgan fingerprint density at radius 3 is 2.51 bits per heavy atom. The van der Waals surface area contributed by atoms with Crippen molar-refractivity contribution in [1.29, 1.82) is 0 Å². The van der Waals surface area contributed by atoms with Gasteiger partial charge >= 0.3 is 5.97 Å². The molecule has 1 heterocycles. The number of carbonyl (C=O) groups is 2. The van der Waals surface area contributed by atoms with Crippen LogP contribution in [0.25, 0.3) is 0 Å². The highest BCUT2D eigenvalue weighted by atomic mass is 16.5. The first-order chi connectivity index (χ1) is 16.7. The molecule has 0 aromatic heterocycles. The Bertz CT molecular complexity index is 1180. The van der Waals surface area contributed by atoms with Crippen LogP contribution < -0.4 is 14.8 Å². The molecule has 2 atom stereocenters. The number of ketones is 1. The number of benzene rings is 2. The monoisotopic (exact) mass is 475 g/mol. The summed E-state index contributed by atoms with van der Waals surface area (Å²) >= 11 is 0. The van der Waals surface area contributed by atoms with Crippen molar-refractivity contribution in [3.63, 3.8) is 0 Å². The van der Waals surface area contributed by atoms with E-state index in [2.05, 4.69) is 11.4 Å². The fourth-order valence-electron chi connectivity index (χ4n) is 5.04. The highest BCUT2D eigenvalue weighted by Gasteiger charge is 2.46. The molecule has 184 valence electrons. The molecule has 2 aliphatic rings. The van der Waals surface area contributed by atoms with Crippen LogP contribution in [0, 0.1) is 11.3 Å². The summed E-state index contributed by atoms with van der Waals surface area (Å²) in [6, 6.07) is 15.5. The predicted octanol–water partition coefficient (Wildman–Crippen LogP) is 5.30. The number of fused-ring (bicyclic) bond motifs is 1. The lowest BCUT2D eigenvalue weighted by Gasteiger charge is -2.41. The van der Waals surface area contributed by atoms with Crippen LogP contribution in [-0.2, 0) is 20.9 Å². The molecule has 6 nitrogen and oxygen atoms in total. The fourth-order valence-corrected chi connectivity index (χ4v) is 5.04. The Kier molecular flexibility index (Phi) is 7.01. The van der Waals surface area contributed by atoms with Crippen LogP contribution in [0.4, 0.5) is 0 Å². The lowest BCUT2D eigenvalue weighted by Crippen LogP contribution is -2.43. The molecule has 35 heavy (non-hydrogen) atoms. The number of hydrogen-bond acceptors (Lipinski definition) is 6. The summed E-state index contributed by atoms with van der Waals surface area (Å²) in [5.41, 5.74) is 3.61. The molecule has 0 saturated carbocycles. The number of nitrogens with one attached hydrogen (secondary N) is 1. The van der Waals surface area contributed by atoms with Gasteiger partial charge in [0, 0.05) is 23.7 Å². The van der Waals surface area contributed by atoms with Gasteiger partial charge in [-0.3, -0.25) is 4.79 Å². The molecular formula is C29H33NO5. The van der Waals surface area contributed by atoms with Gasteiger partial charge in [-0.1, -0.05) is 56.3 Å². The Morgan fingerprint density at radius 2 is 1.83 bits per heavy atom. The first-order valence-electron chi connectivity index (χ1n) is 12.0. The molecule has 1 aliphatic heterocycles. The van der Waals surface area contributed by atoms with Crippen molar-refractivity contribution in [3.8, 4) is 11.5 Å². The summed E-state index contributed by atoms with van der Waals surface area (Å²) in [7, 11) is 1.59. The molecule has 0 bridgehead atoms. The Morgan fingerprint density at radius 1 is 1.09 bits per heavy atom. The minimum atomic E-state index is -0.494. The summed E-state index contributed by atoms with van der Waals surface area (Å²) in [4.78, 5) is 26.5. The molecule has 0 spiro atoms. The molecule has 0 saturated heterocycles. The van der Waals surface area contributed by atoms with Crippen LogP contribution >= 0.6 is 0 Å². The maximum absolute atomic E-state index is 13.4. The molecule has 1 N–H and O–H groups in total. The Hall–Kier alpha value is -3.54. The molecule has 2 unspecified atom stereocenters. The van der Waals surface area contributed by atoms with E-state index in [1.165, 1.54) is 0 Å². The van der Waals surface area contributed by atoms with Crippen molar-refractivity contribution >= 4 is 11.8 Å². The normalized spacial score (nSPS) is 20.9. The zero-order valence-electron chi connectivity index (χ0n) is 21.0. The van der Waals surface area contributed by atoms with E-state index in [1.54, 1.807) is 14.0 Å². The van der Waals surface area contributed by atoms with E-state index >= 15 is 0 Å². The second-order valence-electron chi connectivity index (χ2n) is 9.76. The number of methoxy groups -OCH3 is 1. The van der Waals surface area contributed by atoms with E-state index in [1.807, 2.05) is 69.3 Å². The van der Waals surface area contributed by atoms with Crippen molar-refractivity contribution in [2.45, 2.75) is 46.6 Å². The minimum Gasteiger partial charge on any atom is -0.493 e. The van der Waals surface area contributed by atoms with Gasteiger partial charge in [-0.2, -0.15) is 0 Å². The number of hydrogen-bond donors (Lipinski definition) is 1. The predicted molar refractivity (Wildman–Crippen MR) is 134 cm³/mol. The first-order valence-corrected chi connectivity index (χ1v) is 12.0. The number of carbonyl (C=O) groups excluding carboxylic acids is 2. The number of Topliss-reactive ketones (excluding diaryl/α,β-unsaturated/α-hetero) is 1. The molecule has 0 radical (unpaired) electrons. The zero-order valence-corrected chi connectivity index (χ0v) is 21.0. The van der Waals surface area contributed by atoms with E-state index < -0.39 is 17.8 Å². The molecule has 2 aromatic carbocycles. The van der Waals surface area contributed by atoms with Crippen LogP contribution in [0.15, 0.2) is 71.6 Å². The number of rotatable bonds is 7. The fraction of sp³-hybridized carbons (Fsp3) is 0.379. The summed E-state index contributed by atoms with van der Waals surface area (Å²) < 4.78 is 17.1. The third-order valence-electron chi connectivity index (χ3n) is 6.52. The zero-order chi connectivity index (χ0) is 25.2. The summed E-state index contributed by atoms with van der Waals surface area (Å²) in [5, 5.41) is 3.34. The molecule has 6 heteroatoms. The third-order valence-corrected chi connectivity index (χ3v) is 6.52. The van der Waals surface area contributed by atoms with Gasteiger partial charge in [0.15, 0.2) is 11.5 Å². The van der Waals surface area contributed by atoms with Crippen molar-refractivity contribution in [2.24, 2.45) is 11.3 Å². The standard InChI is InChI=1S/C29H33NO5/c1-6-34-28(32)25-18(2)30-21-15-29(3,4)16-22(31)27(21)26(25)20-12-13-23(24(14-20)33-5)35-17-19-10-8-7-9-11-19/h7-15,26-27,30H,6,16-17H2,1-5H3. The van der Waals surface area contributed by atoms with Crippen LogP contribution in [0.1, 0.15) is 51.2 Å². The quantitative estimate of drug-likeness (QED) is 0.548. The van der Waals surface area contributed by atoms with Crippen LogP contribution in [0.2, 0.25) is 0 Å². The molecular weight excluding hydrogens is 442 g/mol. The molecule has 0 fully saturated rings. The average molecular weight is 476 g/mol. The van der Waals surface area contributed by atoms with Crippen molar-refractivity contribution in [2.75, 3.05) is 13.7 Å². The van der Waals surface area contributed by atoms with Gasteiger partial charge in [0.05, 0.1) is 25.2 Å².